The van der Waals surface area contributed by atoms with Gasteiger partial charge in [0.05, 0.1) is 18.8 Å². The predicted octanol–water partition coefficient (Wildman–Crippen LogP) is 0.149. The molecule has 3 unspecified atom stereocenters. The Bertz CT molecular complexity index is 316. The molecule has 22 heavy (non-hydrogen) atoms. The Morgan fingerprint density at radius 2 is 2.09 bits per heavy atom. The van der Waals surface area contributed by atoms with Crippen LogP contribution < -0.4 is 11.1 Å². The molecule has 1 aliphatic heterocycles. The maximum absolute atomic E-state index is 11.4. The van der Waals surface area contributed by atoms with Gasteiger partial charge in [-0.25, -0.2) is 0 Å². The first kappa shape index (κ1) is 19.3. The van der Waals surface area contributed by atoms with Crippen LogP contribution in [-0.2, 0) is 19.0 Å². The summed E-state index contributed by atoms with van der Waals surface area (Å²) in [7, 11) is 1.59. The van der Waals surface area contributed by atoms with Gasteiger partial charge in [-0.1, -0.05) is 12.8 Å². The molecule has 0 radical (unpaired) electrons. The van der Waals surface area contributed by atoms with Crippen LogP contribution in [0.15, 0.2) is 0 Å². The van der Waals surface area contributed by atoms with Crippen LogP contribution in [0.4, 0.5) is 0 Å². The molecule has 1 fully saturated rings. The van der Waals surface area contributed by atoms with Crippen LogP contribution in [0.3, 0.4) is 0 Å². The molecule has 0 bridgehead atoms. The van der Waals surface area contributed by atoms with Crippen molar-refractivity contribution in [2.75, 3.05) is 26.9 Å². The number of hydrogen-bond donors (Lipinski definition) is 3. The van der Waals surface area contributed by atoms with Crippen molar-refractivity contribution in [1.82, 2.24) is 5.32 Å². The highest BCUT2D eigenvalue weighted by atomic mass is 16.7. The standard InChI is InChI=1S/C15H30N2O5/c1-11(19)17-14-13(20-2)9-12(10-18)22-15(14)21-8-6-4-3-5-7-16/h12-15,18H,3-10,16H2,1-2H3,(H,17,19)/t12?,13-,14?,15?/m1/s1. The first-order valence-corrected chi connectivity index (χ1v) is 8.00. The summed E-state index contributed by atoms with van der Waals surface area (Å²) in [5.41, 5.74) is 5.46. The monoisotopic (exact) mass is 318 g/mol. The fourth-order valence-electron chi connectivity index (χ4n) is 2.61. The fraction of sp³-hybridized carbons (Fsp3) is 0.933. The maximum atomic E-state index is 11.4. The minimum Gasteiger partial charge on any atom is -0.394 e. The zero-order valence-corrected chi connectivity index (χ0v) is 13.6. The number of aliphatic hydroxyl groups is 1. The lowest BCUT2D eigenvalue weighted by molar-refractivity contribution is -0.240. The molecule has 0 spiro atoms. The van der Waals surface area contributed by atoms with Gasteiger partial charge in [-0.05, 0) is 19.4 Å². The summed E-state index contributed by atoms with van der Waals surface area (Å²) >= 11 is 0. The van der Waals surface area contributed by atoms with Gasteiger partial charge in [-0.15, -0.1) is 0 Å². The minimum atomic E-state index is -0.603. The molecule has 1 heterocycles. The summed E-state index contributed by atoms with van der Waals surface area (Å²) in [6.45, 7) is 2.61. The Labute approximate surface area is 132 Å². The van der Waals surface area contributed by atoms with Gasteiger partial charge in [0, 0.05) is 27.1 Å². The van der Waals surface area contributed by atoms with Crippen molar-refractivity contribution in [3.63, 3.8) is 0 Å². The van der Waals surface area contributed by atoms with Crippen molar-refractivity contribution in [1.29, 1.82) is 0 Å². The Morgan fingerprint density at radius 1 is 1.36 bits per heavy atom. The molecule has 0 aromatic heterocycles. The van der Waals surface area contributed by atoms with Crippen molar-refractivity contribution in [2.45, 2.75) is 63.6 Å². The summed E-state index contributed by atoms with van der Waals surface area (Å²) in [5, 5.41) is 12.2. The number of unbranched alkanes of at least 4 members (excludes halogenated alkanes) is 3. The molecule has 4 N–H and O–H groups in total. The quantitative estimate of drug-likeness (QED) is 0.495. The molecule has 4 atom stereocenters. The molecular formula is C15H30N2O5. The molecule has 7 heteroatoms. The van der Waals surface area contributed by atoms with E-state index >= 15 is 0 Å². The molecule has 130 valence electrons. The Hall–Kier alpha value is -0.730. The number of nitrogens with one attached hydrogen (secondary N) is 1. The molecule has 1 aliphatic rings. The number of ether oxygens (including phenoxy) is 3. The number of carbonyl (C=O) groups excluding carboxylic acids is 1. The van der Waals surface area contributed by atoms with Crippen molar-refractivity contribution in [3.05, 3.63) is 0 Å². The average molecular weight is 318 g/mol. The third kappa shape index (κ3) is 6.58. The summed E-state index contributed by atoms with van der Waals surface area (Å²) in [6.07, 6.45) is 3.41. The molecule has 0 saturated carbocycles. The average Bonchev–Trinajstić information content (AvgIpc) is 2.51. The van der Waals surface area contributed by atoms with E-state index in [2.05, 4.69) is 5.32 Å². The van der Waals surface area contributed by atoms with E-state index < -0.39 is 6.29 Å². The van der Waals surface area contributed by atoms with E-state index in [0.29, 0.717) is 19.6 Å². The highest BCUT2D eigenvalue weighted by molar-refractivity contribution is 5.73. The lowest BCUT2D eigenvalue weighted by Gasteiger charge is -2.40. The van der Waals surface area contributed by atoms with Gasteiger partial charge in [0.2, 0.25) is 5.91 Å². The van der Waals surface area contributed by atoms with Crippen LogP contribution in [0.2, 0.25) is 0 Å². The van der Waals surface area contributed by atoms with Gasteiger partial charge in [0.25, 0.3) is 0 Å². The van der Waals surface area contributed by atoms with Crippen molar-refractivity contribution in [2.24, 2.45) is 5.73 Å². The SMILES string of the molecule is CO[C@@H]1CC(CO)OC(OCCCCCCN)C1NC(C)=O. The summed E-state index contributed by atoms with van der Waals surface area (Å²) < 4.78 is 16.9. The molecule has 1 rings (SSSR count). The van der Waals surface area contributed by atoms with E-state index in [4.69, 9.17) is 19.9 Å². The largest absolute Gasteiger partial charge is 0.394 e. The third-order valence-electron chi connectivity index (χ3n) is 3.77. The predicted molar refractivity (Wildman–Crippen MR) is 82.2 cm³/mol. The number of methoxy groups -OCH3 is 1. The van der Waals surface area contributed by atoms with E-state index in [9.17, 15) is 9.90 Å². The molecule has 0 aromatic rings. The Morgan fingerprint density at radius 3 is 2.68 bits per heavy atom. The smallest absolute Gasteiger partial charge is 0.217 e. The van der Waals surface area contributed by atoms with E-state index in [-0.39, 0.29) is 30.8 Å². The number of nitrogens with two attached hydrogens (primary N) is 1. The van der Waals surface area contributed by atoms with Crippen molar-refractivity contribution in [3.8, 4) is 0 Å². The van der Waals surface area contributed by atoms with Crippen molar-refractivity contribution >= 4 is 5.91 Å². The lowest BCUT2D eigenvalue weighted by Crippen LogP contribution is -2.58. The number of hydrogen-bond acceptors (Lipinski definition) is 6. The highest BCUT2D eigenvalue weighted by Gasteiger charge is 2.40. The Kier molecular flexibility index (Phi) is 9.58. The van der Waals surface area contributed by atoms with Crippen LogP contribution >= 0.6 is 0 Å². The highest BCUT2D eigenvalue weighted by Crippen LogP contribution is 2.23. The third-order valence-corrected chi connectivity index (χ3v) is 3.77. The minimum absolute atomic E-state index is 0.0942. The summed E-state index contributed by atoms with van der Waals surface area (Å²) in [6, 6.07) is -0.366. The second-order valence-corrected chi connectivity index (χ2v) is 5.62. The van der Waals surface area contributed by atoms with Gasteiger partial charge in [-0.3, -0.25) is 4.79 Å². The van der Waals surface area contributed by atoms with Gasteiger partial charge in [-0.2, -0.15) is 0 Å². The number of aliphatic hydroxyl groups excluding tert-OH is 1. The van der Waals surface area contributed by atoms with E-state index in [0.717, 1.165) is 25.7 Å². The Balaban J connectivity index is 2.50. The molecule has 0 aromatic carbocycles. The lowest BCUT2D eigenvalue weighted by atomic mass is 10.00. The zero-order chi connectivity index (χ0) is 16.4. The van der Waals surface area contributed by atoms with Gasteiger partial charge < -0.3 is 30.4 Å². The normalized spacial score (nSPS) is 28.5. The van der Waals surface area contributed by atoms with Crippen LogP contribution in [0.1, 0.15) is 39.0 Å². The number of amides is 1. The van der Waals surface area contributed by atoms with Crippen molar-refractivity contribution < 1.29 is 24.1 Å². The van der Waals surface area contributed by atoms with Crippen LogP contribution in [0.25, 0.3) is 0 Å². The first-order chi connectivity index (χ1) is 10.6. The van der Waals surface area contributed by atoms with E-state index in [1.807, 2.05) is 0 Å². The molecule has 1 saturated heterocycles. The second kappa shape index (κ2) is 10.9. The molecular weight excluding hydrogens is 288 g/mol. The van der Waals surface area contributed by atoms with E-state index in [1.54, 1.807) is 7.11 Å². The molecule has 1 amide bonds. The van der Waals surface area contributed by atoms with Crippen LogP contribution in [-0.4, -0.2) is 62.4 Å². The second-order valence-electron chi connectivity index (χ2n) is 5.62. The van der Waals surface area contributed by atoms with Crippen LogP contribution in [0, 0.1) is 0 Å². The maximum Gasteiger partial charge on any atom is 0.217 e. The first-order valence-electron chi connectivity index (χ1n) is 8.00. The van der Waals surface area contributed by atoms with Crippen LogP contribution in [0.5, 0.6) is 0 Å². The van der Waals surface area contributed by atoms with E-state index in [1.165, 1.54) is 6.92 Å². The zero-order valence-electron chi connectivity index (χ0n) is 13.6. The molecule has 0 aliphatic carbocycles. The molecule has 7 nitrogen and oxygen atoms in total. The number of rotatable bonds is 10. The van der Waals surface area contributed by atoms with Gasteiger partial charge >= 0.3 is 0 Å². The fourth-order valence-corrected chi connectivity index (χ4v) is 2.61. The topological polar surface area (TPSA) is 103 Å². The van der Waals surface area contributed by atoms with Gasteiger partial charge in [0.15, 0.2) is 6.29 Å². The summed E-state index contributed by atoms with van der Waals surface area (Å²) in [4.78, 5) is 11.4. The summed E-state index contributed by atoms with van der Waals surface area (Å²) in [5.74, 6) is -0.158. The van der Waals surface area contributed by atoms with Gasteiger partial charge in [0.1, 0.15) is 6.04 Å². The number of carbonyl (C=O) groups is 1.